The van der Waals surface area contributed by atoms with E-state index in [0.717, 1.165) is 11.3 Å². The van der Waals surface area contributed by atoms with E-state index in [-0.39, 0.29) is 11.7 Å². The van der Waals surface area contributed by atoms with Crippen molar-refractivity contribution in [2.75, 3.05) is 0 Å². The fourth-order valence-electron chi connectivity index (χ4n) is 2.73. The molecule has 0 fully saturated rings. The molecule has 3 aromatic carbocycles. The summed E-state index contributed by atoms with van der Waals surface area (Å²) in [5.41, 5.74) is 2.70. The monoisotopic (exact) mass is 358 g/mol. The number of para-hydroxylation sites is 1. The third-order valence-electron chi connectivity index (χ3n) is 4.03. The number of halogens is 1. The Labute approximate surface area is 155 Å². The van der Waals surface area contributed by atoms with Gasteiger partial charge < -0.3 is 4.74 Å². The number of benzene rings is 3. The van der Waals surface area contributed by atoms with Crippen molar-refractivity contribution < 1.29 is 13.9 Å². The second kappa shape index (κ2) is 7.25. The van der Waals surface area contributed by atoms with Crippen molar-refractivity contribution in [1.82, 2.24) is 9.78 Å². The fourth-order valence-corrected chi connectivity index (χ4v) is 2.73. The largest absolute Gasteiger partial charge is 0.402 e. The van der Waals surface area contributed by atoms with E-state index < -0.39 is 5.97 Å². The summed E-state index contributed by atoms with van der Waals surface area (Å²) in [7, 11) is 0. The minimum Gasteiger partial charge on any atom is -0.402 e. The molecule has 0 N–H and O–H groups in total. The van der Waals surface area contributed by atoms with Gasteiger partial charge in [0.25, 0.3) is 0 Å². The maximum absolute atomic E-state index is 13.3. The van der Waals surface area contributed by atoms with Crippen LogP contribution >= 0.6 is 0 Å². The molecular formula is C22H15FN2O2. The average molecular weight is 358 g/mol. The number of esters is 1. The van der Waals surface area contributed by atoms with Gasteiger partial charge in [-0.2, -0.15) is 0 Å². The van der Waals surface area contributed by atoms with Crippen LogP contribution in [0.2, 0.25) is 0 Å². The summed E-state index contributed by atoms with van der Waals surface area (Å²) in [6.07, 6.45) is 0. The highest BCUT2D eigenvalue weighted by atomic mass is 19.1. The van der Waals surface area contributed by atoms with Crippen LogP contribution in [0.5, 0.6) is 5.88 Å². The van der Waals surface area contributed by atoms with Crippen LogP contribution in [0.3, 0.4) is 0 Å². The normalized spacial score (nSPS) is 10.6. The lowest BCUT2D eigenvalue weighted by Gasteiger charge is -2.07. The maximum Gasteiger partial charge on any atom is 0.344 e. The van der Waals surface area contributed by atoms with E-state index in [4.69, 9.17) is 4.74 Å². The third-order valence-corrected chi connectivity index (χ3v) is 4.03. The Morgan fingerprint density at radius 1 is 0.852 bits per heavy atom. The van der Waals surface area contributed by atoms with Crippen LogP contribution in [-0.4, -0.2) is 15.7 Å². The highest BCUT2D eigenvalue weighted by molar-refractivity contribution is 5.90. The van der Waals surface area contributed by atoms with Crippen LogP contribution < -0.4 is 4.74 Å². The topological polar surface area (TPSA) is 44.1 Å². The first-order chi connectivity index (χ1) is 13.2. The Balaban J connectivity index is 1.74. The lowest BCUT2D eigenvalue weighted by molar-refractivity contribution is 0.0727. The predicted octanol–water partition coefficient (Wildman–Crippen LogP) is 4.90. The van der Waals surface area contributed by atoms with Gasteiger partial charge in [0.2, 0.25) is 5.88 Å². The van der Waals surface area contributed by atoms with Crippen molar-refractivity contribution in [1.29, 1.82) is 0 Å². The molecule has 4 rings (SSSR count). The molecule has 0 unspecified atom stereocenters. The van der Waals surface area contributed by atoms with Crippen LogP contribution in [-0.2, 0) is 0 Å². The average Bonchev–Trinajstić information content (AvgIpc) is 3.13. The number of ether oxygens (including phenoxy) is 1. The molecule has 1 aromatic heterocycles. The third kappa shape index (κ3) is 3.62. The van der Waals surface area contributed by atoms with Gasteiger partial charge in [-0.25, -0.2) is 13.9 Å². The highest BCUT2D eigenvalue weighted by Crippen LogP contribution is 2.27. The molecule has 4 nitrogen and oxygen atoms in total. The molecule has 0 radical (unpaired) electrons. The Kier molecular flexibility index (Phi) is 4.49. The van der Waals surface area contributed by atoms with Gasteiger partial charge in [-0.15, -0.1) is 5.10 Å². The molecule has 132 valence electrons. The molecule has 0 aliphatic rings. The lowest BCUT2D eigenvalue weighted by atomic mass is 10.1. The Morgan fingerprint density at radius 3 is 2.15 bits per heavy atom. The Bertz CT molecular complexity index is 1060. The van der Waals surface area contributed by atoms with Gasteiger partial charge in [0.1, 0.15) is 5.82 Å². The fraction of sp³-hybridized carbons (Fsp3) is 0. The molecule has 0 saturated heterocycles. The molecular weight excluding hydrogens is 343 g/mol. The van der Waals surface area contributed by atoms with E-state index in [2.05, 4.69) is 5.10 Å². The first kappa shape index (κ1) is 16.7. The lowest BCUT2D eigenvalue weighted by Crippen LogP contribution is -2.09. The first-order valence-electron chi connectivity index (χ1n) is 8.39. The van der Waals surface area contributed by atoms with Crippen molar-refractivity contribution in [3.05, 3.63) is 102 Å². The van der Waals surface area contributed by atoms with Gasteiger partial charge in [0.15, 0.2) is 0 Å². The smallest absolute Gasteiger partial charge is 0.344 e. The maximum atomic E-state index is 13.3. The van der Waals surface area contributed by atoms with Gasteiger partial charge in [-0.05, 0) is 48.5 Å². The molecule has 0 saturated carbocycles. The minimum absolute atomic E-state index is 0.173. The molecule has 0 spiro atoms. The summed E-state index contributed by atoms with van der Waals surface area (Å²) in [6.45, 7) is 0. The molecule has 27 heavy (non-hydrogen) atoms. The first-order valence-corrected chi connectivity index (χ1v) is 8.39. The van der Waals surface area contributed by atoms with Gasteiger partial charge in [-0.1, -0.05) is 36.4 Å². The highest BCUT2D eigenvalue weighted by Gasteiger charge is 2.16. The number of aromatic nitrogens is 2. The van der Waals surface area contributed by atoms with Gasteiger partial charge in [0.05, 0.1) is 16.9 Å². The van der Waals surface area contributed by atoms with E-state index in [0.29, 0.717) is 11.3 Å². The Morgan fingerprint density at radius 2 is 1.48 bits per heavy atom. The van der Waals surface area contributed by atoms with E-state index in [9.17, 15) is 9.18 Å². The quantitative estimate of drug-likeness (QED) is 0.488. The van der Waals surface area contributed by atoms with Gasteiger partial charge >= 0.3 is 5.97 Å². The molecule has 4 aromatic rings. The van der Waals surface area contributed by atoms with Crippen molar-refractivity contribution in [3.8, 4) is 22.8 Å². The van der Waals surface area contributed by atoms with Crippen LogP contribution in [0.15, 0.2) is 91.0 Å². The number of carbonyl (C=O) groups is 1. The van der Waals surface area contributed by atoms with E-state index in [1.807, 2.05) is 36.4 Å². The second-order valence-corrected chi connectivity index (χ2v) is 5.88. The van der Waals surface area contributed by atoms with Crippen LogP contribution in [0.1, 0.15) is 10.4 Å². The number of hydrogen-bond donors (Lipinski definition) is 0. The molecule has 0 aliphatic carbocycles. The van der Waals surface area contributed by atoms with Crippen LogP contribution in [0.4, 0.5) is 4.39 Å². The molecule has 0 aliphatic heterocycles. The van der Waals surface area contributed by atoms with E-state index in [1.54, 1.807) is 47.1 Å². The summed E-state index contributed by atoms with van der Waals surface area (Å²) in [4.78, 5) is 12.3. The zero-order valence-corrected chi connectivity index (χ0v) is 14.2. The molecule has 1 heterocycles. The SMILES string of the molecule is O=C(Oc1cc(-c2ccc(F)cc2)n(-c2ccccc2)n1)c1ccccc1. The predicted molar refractivity (Wildman–Crippen MR) is 100 cm³/mol. The zero-order chi connectivity index (χ0) is 18.6. The van der Waals surface area contributed by atoms with Crippen LogP contribution in [0.25, 0.3) is 16.9 Å². The molecule has 0 bridgehead atoms. The van der Waals surface area contributed by atoms with Gasteiger partial charge in [-0.3, -0.25) is 0 Å². The van der Waals surface area contributed by atoms with Crippen molar-refractivity contribution >= 4 is 5.97 Å². The van der Waals surface area contributed by atoms with Crippen LogP contribution in [0, 0.1) is 5.82 Å². The number of carbonyl (C=O) groups excluding carboxylic acids is 1. The summed E-state index contributed by atoms with van der Waals surface area (Å²) in [5, 5.41) is 4.42. The van der Waals surface area contributed by atoms with Gasteiger partial charge in [0, 0.05) is 11.6 Å². The minimum atomic E-state index is -0.487. The molecule has 0 amide bonds. The number of hydrogen-bond acceptors (Lipinski definition) is 3. The standard InChI is InChI=1S/C22H15FN2O2/c23-18-13-11-16(12-14-18)20-15-21(24-25(20)19-9-5-2-6-10-19)27-22(26)17-7-3-1-4-8-17/h1-15H. The zero-order valence-electron chi connectivity index (χ0n) is 14.2. The second-order valence-electron chi connectivity index (χ2n) is 5.88. The summed E-state index contributed by atoms with van der Waals surface area (Å²) < 4.78 is 20.4. The van der Waals surface area contributed by atoms with Crippen molar-refractivity contribution in [2.45, 2.75) is 0 Å². The number of nitrogens with zero attached hydrogens (tertiary/aromatic N) is 2. The van der Waals surface area contributed by atoms with E-state index >= 15 is 0 Å². The van der Waals surface area contributed by atoms with Crippen molar-refractivity contribution in [2.24, 2.45) is 0 Å². The molecule has 0 atom stereocenters. The summed E-state index contributed by atoms with van der Waals surface area (Å²) in [6, 6.07) is 25.9. The molecule has 5 heteroatoms. The Hall–Kier alpha value is -3.73. The number of rotatable bonds is 4. The summed E-state index contributed by atoms with van der Waals surface area (Å²) >= 11 is 0. The van der Waals surface area contributed by atoms with Crippen molar-refractivity contribution in [3.63, 3.8) is 0 Å². The van der Waals surface area contributed by atoms with E-state index in [1.165, 1.54) is 12.1 Å². The summed E-state index contributed by atoms with van der Waals surface area (Å²) in [5.74, 6) is -0.633.